The van der Waals surface area contributed by atoms with E-state index in [2.05, 4.69) is 41.6 Å². The van der Waals surface area contributed by atoms with Crippen LogP contribution in [0.3, 0.4) is 0 Å². The molecule has 18 heavy (non-hydrogen) atoms. The first-order valence-electron chi connectivity index (χ1n) is 6.80. The number of rotatable bonds is 2. The van der Waals surface area contributed by atoms with Crippen LogP contribution in [0.2, 0.25) is 0 Å². The molecule has 3 heteroatoms. The number of benzene rings is 1. The highest BCUT2D eigenvalue weighted by atomic mass is 16.5. The Kier molecular flexibility index (Phi) is 3.08. The smallest absolute Gasteiger partial charge is 0.0960 e. The Balaban J connectivity index is 2.03. The van der Waals surface area contributed by atoms with Crippen LogP contribution in [0.15, 0.2) is 24.5 Å². The molecule has 2 heterocycles. The lowest BCUT2D eigenvalue weighted by atomic mass is 10.0. The van der Waals surface area contributed by atoms with Gasteiger partial charge in [-0.1, -0.05) is 19.9 Å². The molecule has 0 N–H and O–H groups in total. The van der Waals surface area contributed by atoms with Gasteiger partial charge in [-0.25, -0.2) is 4.98 Å². The summed E-state index contributed by atoms with van der Waals surface area (Å²) in [5.74, 6) is 0.562. The molecule has 1 saturated heterocycles. The molecular weight excluding hydrogens is 224 g/mol. The van der Waals surface area contributed by atoms with Gasteiger partial charge in [-0.2, -0.15) is 0 Å². The third kappa shape index (κ3) is 2.03. The van der Waals surface area contributed by atoms with E-state index in [-0.39, 0.29) is 0 Å². The van der Waals surface area contributed by atoms with Crippen molar-refractivity contribution < 1.29 is 4.74 Å². The number of hydrogen-bond acceptors (Lipinski definition) is 2. The van der Waals surface area contributed by atoms with Crippen molar-refractivity contribution in [2.75, 3.05) is 13.2 Å². The Morgan fingerprint density at radius 3 is 2.78 bits per heavy atom. The van der Waals surface area contributed by atoms with E-state index in [1.54, 1.807) is 0 Å². The molecule has 0 unspecified atom stereocenters. The SMILES string of the molecule is CC(C)c1ccc2ncn(C3CCOCC3)c2c1. The lowest BCUT2D eigenvalue weighted by Crippen LogP contribution is -2.18. The van der Waals surface area contributed by atoms with E-state index in [1.807, 2.05) is 6.33 Å². The Morgan fingerprint density at radius 1 is 1.28 bits per heavy atom. The van der Waals surface area contributed by atoms with Crippen LogP contribution in [0.4, 0.5) is 0 Å². The van der Waals surface area contributed by atoms with Crippen molar-refractivity contribution in [1.29, 1.82) is 0 Å². The average molecular weight is 244 g/mol. The molecule has 3 rings (SSSR count). The molecular formula is C15H20N2O. The minimum absolute atomic E-state index is 0.547. The van der Waals surface area contributed by atoms with Crippen molar-refractivity contribution >= 4 is 11.0 Å². The monoisotopic (exact) mass is 244 g/mol. The van der Waals surface area contributed by atoms with Gasteiger partial charge in [0.25, 0.3) is 0 Å². The van der Waals surface area contributed by atoms with E-state index in [9.17, 15) is 0 Å². The van der Waals surface area contributed by atoms with Crippen LogP contribution in [0.5, 0.6) is 0 Å². The maximum Gasteiger partial charge on any atom is 0.0960 e. The van der Waals surface area contributed by atoms with Gasteiger partial charge in [0.1, 0.15) is 0 Å². The second kappa shape index (κ2) is 4.73. The maximum absolute atomic E-state index is 5.44. The van der Waals surface area contributed by atoms with Gasteiger partial charge in [-0.15, -0.1) is 0 Å². The number of fused-ring (bicyclic) bond motifs is 1. The summed E-state index contributed by atoms with van der Waals surface area (Å²) in [6.45, 7) is 6.20. The van der Waals surface area contributed by atoms with Crippen molar-refractivity contribution in [3.05, 3.63) is 30.1 Å². The molecule has 0 amide bonds. The minimum atomic E-state index is 0.547. The molecule has 0 aliphatic carbocycles. The normalized spacial score (nSPS) is 17.7. The third-order valence-electron chi connectivity index (χ3n) is 3.85. The quantitative estimate of drug-likeness (QED) is 0.808. The van der Waals surface area contributed by atoms with Crippen LogP contribution in [0.1, 0.15) is 44.2 Å². The lowest BCUT2D eigenvalue weighted by Gasteiger charge is -2.24. The average Bonchev–Trinajstić information content (AvgIpc) is 2.82. The first-order chi connectivity index (χ1) is 8.75. The summed E-state index contributed by atoms with van der Waals surface area (Å²) in [6.07, 6.45) is 4.18. The summed E-state index contributed by atoms with van der Waals surface area (Å²) >= 11 is 0. The molecule has 1 fully saturated rings. The largest absolute Gasteiger partial charge is 0.381 e. The van der Waals surface area contributed by atoms with Crippen LogP contribution < -0.4 is 0 Å². The predicted octanol–water partition coefficient (Wildman–Crippen LogP) is 3.51. The highest BCUT2D eigenvalue weighted by molar-refractivity contribution is 5.76. The van der Waals surface area contributed by atoms with Gasteiger partial charge in [-0.3, -0.25) is 0 Å². The summed E-state index contributed by atoms with van der Waals surface area (Å²) in [7, 11) is 0. The zero-order valence-corrected chi connectivity index (χ0v) is 11.1. The van der Waals surface area contributed by atoms with Crippen LogP contribution in [-0.2, 0) is 4.74 Å². The molecule has 0 atom stereocenters. The molecule has 0 spiro atoms. The lowest BCUT2D eigenvalue weighted by molar-refractivity contribution is 0.0706. The van der Waals surface area contributed by atoms with Crippen LogP contribution in [-0.4, -0.2) is 22.8 Å². The van der Waals surface area contributed by atoms with Gasteiger partial charge in [0.2, 0.25) is 0 Å². The van der Waals surface area contributed by atoms with Crippen LogP contribution in [0.25, 0.3) is 11.0 Å². The number of imidazole rings is 1. The highest BCUT2D eigenvalue weighted by Crippen LogP contribution is 2.27. The van der Waals surface area contributed by atoms with Crippen LogP contribution >= 0.6 is 0 Å². The summed E-state index contributed by atoms with van der Waals surface area (Å²) in [5.41, 5.74) is 3.76. The molecule has 2 aromatic rings. The zero-order chi connectivity index (χ0) is 12.5. The van der Waals surface area contributed by atoms with Gasteiger partial charge >= 0.3 is 0 Å². The Morgan fingerprint density at radius 2 is 2.06 bits per heavy atom. The third-order valence-corrected chi connectivity index (χ3v) is 3.85. The predicted molar refractivity (Wildman–Crippen MR) is 72.9 cm³/mol. The Labute approximate surface area is 108 Å². The van der Waals surface area contributed by atoms with Gasteiger partial charge in [0, 0.05) is 19.3 Å². The van der Waals surface area contributed by atoms with Crippen molar-refractivity contribution in [2.45, 2.75) is 38.6 Å². The highest BCUT2D eigenvalue weighted by Gasteiger charge is 2.17. The molecule has 1 aromatic carbocycles. The molecule has 1 aromatic heterocycles. The summed E-state index contributed by atoms with van der Waals surface area (Å²) in [4.78, 5) is 4.52. The molecule has 3 nitrogen and oxygen atoms in total. The van der Waals surface area contributed by atoms with Gasteiger partial charge in [0.05, 0.1) is 17.4 Å². The fourth-order valence-corrected chi connectivity index (χ4v) is 2.66. The Hall–Kier alpha value is -1.35. The fraction of sp³-hybridized carbons (Fsp3) is 0.533. The second-order valence-electron chi connectivity index (χ2n) is 5.40. The van der Waals surface area contributed by atoms with Crippen molar-refractivity contribution in [2.24, 2.45) is 0 Å². The van der Waals surface area contributed by atoms with E-state index in [1.165, 1.54) is 11.1 Å². The number of ether oxygens (including phenoxy) is 1. The van der Waals surface area contributed by atoms with Crippen molar-refractivity contribution in [3.63, 3.8) is 0 Å². The molecule has 96 valence electrons. The van der Waals surface area contributed by atoms with Gasteiger partial charge in [-0.05, 0) is 36.5 Å². The standard InChI is InChI=1S/C15H20N2O/c1-11(2)12-3-4-14-15(9-12)17(10-16-14)13-5-7-18-8-6-13/h3-4,9-11,13H,5-8H2,1-2H3. The second-order valence-corrected chi connectivity index (χ2v) is 5.40. The first-order valence-corrected chi connectivity index (χ1v) is 6.80. The minimum Gasteiger partial charge on any atom is -0.381 e. The van der Waals surface area contributed by atoms with E-state index in [4.69, 9.17) is 4.74 Å². The maximum atomic E-state index is 5.44. The number of nitrogens with zero attached hydrogens (tertiary/aromatic N) is 2. The number of aromatic nitrogens is 2. The Bertz CT molecular complexity index is 538. The van der Waals surface area contributed by atoms with Crippen molar-refractivity contribution in [3.8, 4) is 0 Å². The van der Waals surface area contributed by atoms with Gasteiger partial charge in [0.15, 0.2) is 0 Å². The van der Waals surface area contributed by atoms with E-state index < -0.39 is 0 Å². The fourth-order valence-electron chi connectivity index (χ4n) is 2.66. The van der Waals surface area contributed by atoms with Gasteiger partial charge < -0.3 is 9.30 Å². The van der Waals surface area contributed by atoms with E-state index >= 15 is 0 Å². The van der Waals surface area contributed by atoms with E-state index in [0.29, 0.717) is 12.0 Å². The summed E-state index contributed by atoms with van der Waals surface area (Å²) < 4.78 is 7.78. The molecule has 1 aliphatic heterocycles. The molecule has 1 aliphatic rings. The number of hydrogen-bond donors (Lipinski definition) is 0. The van der Waals surface area contributed by atoms with Crippen LogP contribution in [0, 0.1) is 0 Å². The topological polar surface area (TPSA) is 27.1 Å². The zero-order valence-electron chi connectivity index (χ0n) is 11.1. The molecule has 0 bridgehead atoms. The molecule has 0 saturated carbocycles. The van der Waals surface area contributed by atoms with E-state index in [0.717, 1.165) is 31.6 Å². The summed E-state index contributed by atoms with van der Waals surface area (Å²) in [5, 5.41) is 0. The summed E-state index contributed by atoms with van der Waals surface area (Å²) in [6, 6.07) is 7.17. The van der Waals surface area contributed by atoms with Crippen molar-refractivity contribution in [1.82, 2.24) is 9.55 Å². The molecule has 0 radical (unpaired) electrons. The first kappa shape index (κ1) is 11.7.